The molecule has 118 valence electrons. The van der Waals surface area contributed by atoms with Crippen LogP contribution in [0.2, 0.25) is 10.4 Å². The molecule has 0 N–H and O–H groups in total. The lowest BCUT2D eigenvalue weighted by atomic mass is 10.0. The largest absolute Gasteiger partial charge is 0.427 e. The molecule has 0 bridgehead atoms. The van der Waals surface area contributed by atoms with E-state index in [2.05, 4.69) is 4.98 Å². The van der Waals surface area contributed by atoms with Gasteiger partial charge in [-0.15, -0.1) is 0 Å². The van der Waals surface area contributed by atoms with Crippen LogP contribution in [0.3, 0.4) is 0 Å². The zero-order valence-electron chi connectivity index (χ0n) is 11.4. The van der Waals surface area contributed by atoms with E-state index in [1.807, 2.05) is 0 Å². The van der Waals surface area contributed by atoms with E-state index < -0.39 is 11.7 Å². The summed E-state index contributed by atoms with van der Waals surface area (Å²) in [5.74, 6) is 0.297. The summed E-state index contributed by atoms with van der Waals surface area (Å²) in [5.41, 5.74) is 0.841. The van der Waals surface area contributed by atoms with Gasteiger partial charge in [0.1, 0.15) is 5.69 Å². The molecule has 0 unspecified atom stereocenters. The van der Waals surface area contributed by atoms with E-state index in [0.29, 0.717) is 27.6 Å². The van der Waals surface area contributed by atoms with Gasteiger partial charge in [-0.2, -0.15) is 18.2 Å². The molecule has 0 fully saturated rings. The SMILES string of the molecule is FC(F)(F)c1ccc(-c2oc(Cl)nc2-c2ccc(Cl)cc2)cc1. The van der Waals surface area contributed by atoms with Crippen LogP contribution in [-0.2, 0) is 6.18 Å². The highest BCUT2D eigenvalue weighted by Gasteiger charge is 2.30. The van der Waals surface area contributed by atoms with Gasteiger partial charge in [-0.3, -0.25) is 0 Å². The number of alkyl halides is 3. The third-order valence-electron chi connectivity index (χ3n) is 3.19. The maximum absolute atomic E-state index is 12.6. The predicted molar refractivity (Wildman–Crippen MR) is 82.4 cm³/mol. The smallest absolute Gasteiger partial charge is 0.416 e. The Bertz CT molecular complexity index is 824. The molecule has 2 aromatic carbocycles. The van der Waals surface area contributed by atoms with Crippen molar-refractivity contribution in [2.45, 2.75) is 6.18 Å². The van der Waals surface area contributed by atoms with Crippen LogP contribution in [0, 0.1) is 0 Å². The second-order valence-electron chi connectivity index (χ2n) is 4.73. The predicted octanol–water partition coefficient (Wildman–Crippen LogP) is 6.33. The average Bonchev–Trinajstić information content (AvgIpc) is 2.89. The number of nitrogens with zero attached hydrogens (tertiary/aromatic N) is 1. The molecule has 3 rings (SSSR count). The van der Waals surface area contributed by atoms with Gasteiger partial charge < -0.3 is 4.42 Å². The Balaban J connectivity index is 2.05. The molecule has 0 amide bonds. The highest BCUT2D eigenvalue weighted by molar-refractivity contribution is 6.30. The first-order valence-corrected chi connectivity index (χ1v) is 7.20. The molecule has 3 aromatic rings. The first kappa shape index (κ1) is 15.9. The van der Waals surface area contributed by atoms with Crippen LogP contribution in [0.4, 0.5) is 13.2 Å². The van der Waals surface area contributed by atoms with Crippen LogP contribution < -0.4 is 0 Å². The molecule has 23 heavy (non-hydrogen) atoms. The van der Waals surface area contributed by atoms with E-state index >= 15 is 0 Å². The quantitative estimate of drug-likeness (QED) is 0.535. The molecule has 0 atom stereocenters. The van der Waals surface area contributed by atoms with Gasteiger partial charge in [0.2, 0.25) is 0 Å². The molecule has 0 aliphatic carbocycles. The molecule has 0 saturated carbocycles. The van der Waals surface area contributed by atoms with Gasteiger partial charge in [0.15, 0.2) is 5.76 Å². The number of halogens is 5. The van der Waals surface area contributed by atoms with Gasteiger partial charge in [-0.05, 0) is 35.9 Å². The minimum atomic E-state index is -4.39. The highest BCUT2D eigenvalue weighted by Crippen LogP contribution is 2.36. The van der Waals surface area contributed by atoms with Crippen LogP contribution in [0.15, 0.2) is 52.9 Å². The first-order chi connectivity index (χ1) is 10.8. The topological polar surface area (TPSA) is 26.0 Å². The number of benzene rings is 2. The zero-order chi connectivity index (χ0) is 16.6. The molecule has 0 saturated heterocycles. The van der Waals surface area contributed by atoms with Crippen LogP contribution in [0.25, 0.3) is 22.6 Å². The van der Waals surface area contributed by atoms with Crippen molar-refractivity contribution in [2.75, 3.05) is 0 Å². The Hall–Kier alpha value is -1.98. The fraction of sp³-hybridized carbons (Fsp3) is 0.0625. The van der Waals surface area contributed by atoms with E-state index in [9.17, 15) is 13.2 Å². The third kappa shape index (κ3) is 3.35. The van der Waals surface area contributed by atoms with Gasteiger partial charge >= 0.3 is 6.18 Å². The second-order valence-corrected chi connectivity index (χ2v) is 5.49. The lowest BCUT2D eigenvalue weighted by molar-refractivity contribution is -0.137. The number of aromatic nitrogens is 1. The van der Waals surface area contributed by atoms with Crippen molar-refractivity contribution in [3.05, 3.63) is 64.5 Å². The molecule has 0 aliphatic heterocycles. The summed E-state index contributed by atoms with van der Waals surface area (Å²) in [6.07, 6.45) is -4.39. The Kier molecular flexibility index (Phi) is 4.08. The van der Waals surface area contributed by atoms with Crippen molar-refractivity contribution < 1.29 is 17.6 Å². The Morgan fingerprint density at radius 2 is 1.39 bits per heavy atom. The standard InChI is InChI=1S/C16H8Cl2F3NO/c17-12-7-3-9(4-8-12)13-14(23-15(18)22-13)10-1-5-11(6-2-10)16(19,20)21/h1-8H. The van der Waals surface area contributed by atoms with Gasteiger partial charge in [0.25, 0.3) is 5.35 Å². The third-order valence-corrected chi connectivity index (χ3v) is 3.61. The highest BCUT2D eigenvalue weighted by atomic mass is 35.5. The van der Waals surface area contributed by atoms with Crippen molar-refractivity contribution in [3.8, 4) is 22.6 Å². The van der Waals surface area contributed by atoms with E-state index in [0.717, 1.165) is 12.1 Å². The first-order valence-electron chi connectivity index (χ1n) is 6.44. The van der Waals surface area contributed by atoms with Crippen LogP contribution >= 0.6 is 23.2 Å². The zero-order valence-corrected chi connectivity index (χ0v) is 12.9. The molecule has 0 radical (unpaired) electrons. The summed E-state index contributed by atoms with van der Waals surface area (Å²) in [7, 11) is 0. The fourth-order valence-electron chi connectivity index (χ4n) is 2.10. The Morgan fingerprint density at radius 3 is 1.96 bits per heavy atom. The average molecular weight is 358 g/mol. The van der Waals surface area contributed by atoms with Crippen molar-refractivity contribution in [1.29, 1.82) is 0 Å². The summed E-state index contributed by atoms with van der Waals surface area (Å²) >= 11 is 11.7. The molecule has 7 heteroatoms. The maximum Gasteiger partial charge on any atom is 0.416 e. The van der Waals surface area contributed by atoms with Crippen LogP contribution in [0.1, 0.15) is 5.56 Å². The van der Waals surface area contributed by atoms with Crippen molar-refractivity contribution in [1.82, 2.24) is 4.98 Å². The molecule has 0 aliphatic rings. The fourth-order valence-corrected chi connectivity index (χ4v) is 2.39. The van der Waals surface area contributed by atoms with Gasteiger partial charge in [-0.25, -0.2) is 0 Å². The molecule has 0 spiro atoms. The van der Waals surface area contributed by atoms with E-state index in [1.54, 1.807) is 24.3 Å². The molecule has 1 heterocycles. The normalized spacial score (nSPS) is 11.7. The summed E-state index contributed by atoms with van der Waals surface area (Å²) in [4.78, 5) is 4.09. The van der Waals surface area contributed by atoms with E-state index in [-0.39, 0.29) is 5.35 Å². The Labute approximate surface area is 139 Å². The van der Waals surface area contributed by atoms with Crippen molar-refractivity contribution in [3.63, 3.8) is 0 Å². The van der Waals surface area contributed by atoms with Crippen LogP contribution in [-0.4, -0.2) is 4.98 Å². The van der Waals surface area contributed by atoms with Gasteiger partial charge in [0.05, 0.1) is 5.56 Å². The lowest BCUT2D eigenvalue weighted by Gasteiger charge is -2.07. The maximum atomic E-state index is 12.6. The van der Waals surface area contributed by atoms with Gasteiger partial charge in [-0.1, -0.05) is 35.9 Å². The molecular formula is C16H8Cl2F3NO. The molecular weight excluding hydrogens is 350 g/mol. The van der Waals surface area contributed by atoms with E-state index in [1.165, 1.54) is 12.1 Å². The minimum Gasteiger partial charge on any atom is -0.427 e. The number of oxazole rings is 1. The number of hydrogen-bond acceptors (Lipinski definition) is 2. The van der Waals surface area contributed by atoms with E-state index in [4.69, 9.17) is 27.6 Å². The number of hydrogen-bond donors (Lipinski definition) is 0. The molecule has 2 nitrogen and oxygen atoms in total. The van der Waals surface area contributed by atoms with Crippen molar-refractivity contribution in [2.24, 2.45) is 0 Å². The van der Waals surface area contributed by atoms with Crippen molar-refractivity contribution >= 4 is 23.2 Å². The number of rotatable bonds is 2. The second kappa shape index (κ2) is 5.91. The Morgan fingerprint density at radius 1 is 0.826 bits per heavy atom. The monoisotopic (exact) mass is 357 g/mol. The minimum absolute atomic E-state index is 0.0927. The van der Waals surface area contributed by atoms with Gasteiger partial charge in [0, 0.05) is 16.1 Å². The lowest BCUT2D eigenvalue weighted by Crippen LogP contribution is -2.03. The van der Waals surface area contributed by atoms with Crippen LogP contribution in [0.5, 0.6) is 0 Å². The molecule has 1 aromatic heterocycles. The summed E-state index contributed by atoms with van der Waals surface area (Å²) in [5, 5.41) is 0.462. The summed E-state index contributed by atoms with van der Waals surface area (Å²) < 4.78 is 43.3. The summed E-state index contributed by atoms with van der Waals surface area (Å²) in [6, 6.07) is 11.4. The summed E-state index contributed by atoms with van der Waals surface area (Å²) in [6.45, 7) is 0.